The van der Waals surface area contributed by atoms with Crippen molar-refractivity contribution in [2.45, 2.75) is 19.4 Å². The first-order valence-corrected chi connectivity index (χ1v) is 12.7. The highest BCUT2D eigenvalue weighted by Crippen LogP contribution is 2.36. The summed E-state index contributed by atoms with van der Waals surface area (Å²) in [5, 5.41) is 22.4. The zero-order valence-electron chi connectivity index (χ0n) is 21.5. The lowest BCUT2D eigenvalue weighted by Crippen LogP contribution is -2.45. The SMILES string of the molecule is CC(=O)Nc1cccc2c1CCN(C(=O)c1cn(-c3cccc(Cl)c3F)nn1)C2C(=O)Nc1ccc(C(=O)O)cc1. The van der Waals surface area contributed by atoms with E-state index in [0.717, 1.165) is 4.68 Å². The number of nitrogens with zero attached hydrogens (tertiary/aromatic N) is 4. The monoisotopic (exact) mass is 576 g/mol. The quantitative estimate of drug-likeness (QED) is 0.313. The molecule has 0 bridgehead atoms. The van der Waals surface area contributed by atoms with Gasteiger partial charge in [0, 0.05) is 24.8 Å². The third-order valence-electron chi connectivity index (χ3n) is 6.53. The van der Waals surface area contributed by atoms with Gasteiger partial charge >= 0.3 is 5.97 Å². The molecule has 5 rings (SSSR count). The second-order valence-corrected chi connectivity index (χ2v) is 9.61. The van der Waals surface area contributed by atoms with Gasteiger partial charge < -0.3 is 20.6 Å². The number of hydrogen-bond acceptors (Lipinski definition) is 6. The second-order valence-electron chi connectivity index (χ2n) is 9.20. The van der Waals surface area contributed by atoms with Gasteiger partial charge in [0.15, 0.2) is 11.5 Å². The average Bonchev–Trinajstić information content (AvgIpc) is 3.44. The van der Waals surface area contributed by atoms with Crippen molar-refractivity contribution in [2.24, 2.45) is 0 Å². The molecule has 3 N–H and O–H groups in total. The number of anilines is 2. The molecule has 0 radical (unpaired) electrons. The Kier molecular flexibility index (Phi) is 7.49. The number of aromatic carboxylic acids is 1. The van der Waals surface area contributed by atoms with Crippen LogP contribution < -0.4 is 10.6 Å². The molecule has 4 aromatic rings. The number of halogens is 2. The highest BCUT2D eigenvalue weighted by atomic mass is 35.5. The second kappa shape index (κ2) is 11.2. The fourth-order valence-electron chi connectivity index (χ4n) is 4.68. The van der Waals surface area contributed by atoms with Crippen LogP contribution in [0.5, 0.6) is 0 Å². The fraction of sp³-hybridized carbons (Fsp3) is 0.143. The number of rotatable bonds is 6. The van der Waals surface area contributed by atoms with Crippen molar-refractivity contribution in [3.63, 3.8) is 0 Å². The van der Waals surface area contributed by atoms with Crippen molar-refractivity contribution in [1.82, 2.24) is 19.9 Å². The number of carboxylic acids is 1. The maximum atomic E-state index is 14.6. The van der Waals surface area contributed by atoms with E-state index in [-0.39, 0.29) is 34.4 Å². The van der Waals surface area contributed by atoms with E-state index >= 15 is 0 Å². The van der Waals surface area contributed by atoms with E-state index in [2.05, 4.69) is 20.9 Å². The molecule has 0 fully saturated rings. The maximum Gasteiger partial charge on any atom is 0.335 e. The fourth-order valence-corrected chi connectivity index (χ4v) is 4.85. The van der Waals surface area contributed by atoms with E-state index < -0.39 is 29.6 Å². The van der Waals surface area contributed by atoms with Gasteiger partial charge in [-0.3, -0.25) is 14.4 Å². The normalized spacial score (nSPS) is 14.2. The van der Waals surface area contributed by atoms with Gasteiger partial charge in [0.05, 0.1) is 16.8 Å². The summed E-state index contributed by atoms with van der Waals surface area (Å²) in [6.07, 6.45) is 1.57. The summed E-state index contributed by atoms with van der Waals surface area (Å²) >= 11 is 5.88. The smallest absolute Gasteiger partial charge is 0.335 e. The summed E-state index contributed by atoms with van der Waals surface area (Å²) in [4.78, 5) is 51.8. The first kappa shape index (κ1) is 27.5. The molecule has 1 aromatic heterocycles. The number of carbonyl (C=O) groups excluding carboxylic acids is 3. The molecule has 1 atom stereocenters. The number of aromatic nitrogens is 3. The van der Waals surface area contributed by atoms with Crippen molar-refractivity contribution >= 4 is 46.7 Å². The molecule has 0 saturated heterocycles. The van der Waals surface area contributed by atoms with Crippen LogP contribution in [0.25, 0.3) is 5.69 Å². The average molecular weight is 577 g/mol. The van der Waals surface area contributed by atoms with E-state index in [4.69, 9.17) is 16.7 Å². The number of benzene rings is 3. The molecule has 208 valence electrons. The molecule has 0 saturated carbocycles. The number of carbonyl (C=O) groups is 4. The van der Waals surface area contributed by atoms with Crippen molar-refractivity contribution in [3.8, 4) is 5.69 Å². The number of fused-ring (bicyclic) bond motifs is 1. The van der Waals surface area contributed by atoms with Crippen LogP contribution >= 0.6 is 11.6 Å². The highest BCUT2D eigenvalue weighted by Gasteiger charge is 2.38. The molecular weight excluding hydrogens is 555 g/mol. The van der Waals surface area contributed by atoms with Crippen LogP contribution in [-0.4, -0.2) is 55.2 Å². The predicted molar refractivity (Wildman–Crippen MR) is 147 cm³/mol. The minimum Gasteiger partial charge on any atom is -0.478 e. The summed E-state index contributed by atoms with van der Waals surface area (Å²) in [6, 6.07) is 13.8. The third kappa shape index (κ3) is 5.50. The van der Waals surface area contributed by atoms with Gasteiger partial charge in [0.2, 0.25) is 5.91 Å². The van der Waals surface area contributed by atoms with Gasteiger partial charge in [0.1, 0.15) is 11.7 Å². The molecule has 3 amide bonds. The highest BCUT2D eigenvalue weighted by molar-refractivity contribution is 6.30. The Morgan fingerprint density at radius 1 is 1.02 bits per heavy atom. The number of amides is 3. The topological polar surface area (TPSA) is 147 Å². The van der Waals surface area contributed by atoms with E-state index in [1.807, 2.05) is 0 Å². The Labute approximate surface area is 237 Å². The van der Waals surface area contributed by atoms with Crippen molar-refractivity contribution in [2.75, 3.05) is 17.2 Å². The Bertz CT molecular complexity index is 1690. The van der Waals surface area contributed by atoms with E-state index in [9.17, 15) is 23.6 Å². The number of nitrogens with one attached hydrogen (secondary N) is 2. The third-order valence-corrected chi connectivity index (χ3v) is 6.82. The largest absolute Gasteiger partial charge is 0.478 e. The van der Waals surface area contributed by atoms with Gasteiger partial charge in [-0.2, -0.15) is 0 Å². The van der Waals surface area contributed by atoms with Crippen LogP contribution in [0.3, 0.4) is 0 Å². The maximum absolute atomic E-state index is 14.6. The van der Waals surface area contributed by atoms with Crippen LogP contribution in [0.15, 0.2) is 66.9 Å². The molecular formula is C28H22ClFN6O5. The molecule has 41 heavy (non-hydrogen) atoms. The number of hydrogen-bond donors (Lipinski definition) is 3. The van der Waals surface area contributed by atoms with Crippen LogP contribution in [0, 0.1) is 5.82 Å². The molecule has 1 unspecified atom stereocenters. The van der Waals surface area contributed by atoms with Gasteiger partial charge in [-0.1, -0.05) is 35.0 Å². The Hall–Kier alpha value is -5.10. The summed E-state index contributed by atoms with van der Waals surface area (Å²) in [5.74, 6) is -3.34. The lowest BCUT2D eigenvalue weighted by Gasteiger charge is -2.36. The van der Waals surface area contributed by atoms with E-state index in [0.29, 0.717) is 28.9 Å². The lowest BCUT2D eigenvalue weighted by atomic mass is 9.90. The summed E-state index contributed by atoms with van der Waals surface area (Å²) in [7, 11) is 0. The first-order valence-electron chi connectivity index (χ1n) is 12.4. The number of carboxylic acid groups (broad SMARTS) is 1. The van der Waals surface area contributed by atoms with Gasteiger partial charge in [-0.25, -0.2) is 13.9 Å². The molecule has 1 aliphatic rings. The molecule has 3 aromatic carbocycles. The minimum atomic E-state index is -1.15. The van der Waals surface area contributed by atoms with Gasteiger partial charge in [-0.05, 0) is 60.0 Å². The van der Waals surface area contributed by atoms with E-state index in [1.54, 1.807) is 18.2 Å². The molecule has 2 heterocycles. The molecule has 11 nitrogen and oxygen atoms in total. The Morgan fingerprint density at radius 2 is 1.76 bits per heavy atom. The summed E-state index contributed by atoms with van der Waals surface area (Å²) in [6.45, 7) is 1.46. The zero-order valence-corrected chi connectivity index (χ0v) is 22.2. The molecule has 0 aliphatic carbocycles. The van der Waals surface area contributed by atoms with Crippen molar-refractivity contribution in [1.29, 1.82) is 0 Å². The molecule has 0 spiro atoms. The minimum absolute atomic E-state index is 0.00732. The lowest BCUT2D eigenvalue weighted by molar-refractivity contribution is -0.121. The van der Waals surface area contributed by atoms with Crippen LogP contribution in [0.4, 0.5) is 15.8 Å². The Morgan fingerprint density at radius 3 is 2.46 bits per heavy atom. The summed E-state index contributed by atoms with van der Waals surface area (Å²) in [5.41, 5.74) is 1.93. The predicted octanol–water partition coefficient (Wildman–Crippen LogP) is 4.09. The van der Waals surface area contributed by atoms with Crippen LogP contribution in [0.2, 0.25) is 5.02 Å². The van der Waals surface area contributed by atoms with Crippen LogP contribution in [0.1, 0.15) is 44.9 Å². The standard InChI is InChI=1S/C28H22ClFN6O5/c1-15(37)31-21-6-2-4-19-18(21)12-13-35(25(19)26(38)32-17-10-8-16(9-11-17)28(40)41)27(39)22-14-36(34-33-22)23-7-3-5-20(29)24(23)30/h2-11,14,25H,12-13H2,1H3,(H,31,37)(H,32,38)(H,40,41). The first-order chi connectivity index (χ1) is 19.6. The molecule has 1 aliphatic heterocycles. The van der Waals surface area contributed by atoms with Crippen LogP contribution in [-0.2, 0) is 16.0 Å². The van der Waals surface area contributed by atoms with Gasteiger partial charge in [-0.15, -0.1) is 5.10 Å². The summed E-state index contributed by atoms with van der Waals surface area (Å²) < 4.78 is 15.6. The molecule has 13 heteroatoms. The van der Waals surface area contributed by atoms with Gasteiger partial charge in [0.25, 0.3) is 11.8 Å². The van der Waals surface area contributed by atoms with Crippen molar-refractivity contribution in [3.05, 3.63) is 100 Å². The van der Waals surface area contributed by atoms with E-state index in [1.165, 1.54) is 60.5 Å². The van der Waals surface area contributed by atoms with Crippen molar-refractivity contribution < 1.29 is 28.7 Å². The zero-order chi connectivity index (χ0) is 29.3. The Balaban J connectivity index is 1.51.